The average molecular weight is 262 g/mol. The number of carbonyl (C=O) groups excluding carboxylic acids is 1. The third kappa shape index (κ3) is 3.26. The zero-order valence-electron chi connectivity index (χ0n) is 11.2. The highest BCUT2D eigenvalue weighted by Gasteiger charge is 2.18. The van der Waals surface area contributed by atoms with E-state index >= 15 is 0 Å². The van der Waals surface area contributed by atoms with Gasteiger partial charge in [0.15, 0.2) is 0 Å². The molecular formula is C14H18N2O3. The van der Waals surface area contributed by atoms with Crippen molar-refractivity contribution in [1.29, 1.82) is 0 Å². The summed E-state index contributed by atoms with van der Waals surface area (Å²) >= 11 is 0. The number of methoxy groups -OCH3 is 1. The molecule has 0 saturated heterocycles. The molecule has 0 bridgehead atoms. The zero-order chi connectivity index (χ0) is 13.7. The van der Waals surface area contributed by atoms with Gasteiger partial charge >= 0.3 is 0 Å². The maximum atomic E-state index is 12.5. The molecule has 2 rings (SSSR count). The number of ether oxygens (including phenoxy) is 1. The van der Waals surface area contributed by atoms with Crippen LogP contribution in [0.25, 0.3) is 0 Å². The standard InChI is InChI=1S/C14H18N2O3/c1-15-7-3-6-13(15)14(17)16(8-10-18-2)11-12-5-4-9-19-12/h3-7,9H,8,10-11H2,1-2H3. The summed E-state index contributed by atoms with van der Waals surface area (Å²) in [6.45, 7) is 1.47. The maximum Gasteiger partial charge on any atom is 0.270 e. The fourth-order valence-corrected chi connectivity index (χ4v) is 1.89. The first-order valence-corrected chi connectivity index (χ1v) is 6.14. The van der Waals surface area contributed by atoms with Crippen molar-refractivity contribution in [1.82, 2.24) is 9.47 Å². The highest BCUT2D eigenvalue weighted by atomic mass is 16.5. The molecule has 0 N–H and O–H groups in total. The topological polar surface area (TPSA) is 47.6 Å². The van der Waals surface area contributed by atoms with E-state index in [0.717, 1.165) is 5.76 Å². The molecule has 5 heteroatoms. The van der Waals surface area contributed by atoms with Gasteiger partial charge in [-0.05, 0) is 24.3 Å². The normalized spacial score (nSPS) is 10.6. The number of furan rings is 1. The van der Waals surface area contributed by atoms with Crippen molar-refractivity contribution in [3.63, 3.8) is 0 Å². The summed E-state index contributed by atoms with van der Waals surface area (Å²) in [5.74, 6) is 0.736. The molecule has 2 heterocycles. The monoisotopic (exact) mass is 262 g/mol. The minimum Gasteiger partial charge on any atom is -0.467 e. The molecule has 2 aromatic heterocycles. The summed E-state index contributed by atoms with van der Waals surface area (Å²) < 4.78 is 12.2. The van der Waals surface area contributed by atoms with Crippen LogP contribution >= 0.6 is 0 Å². The molecule has 0 aliphatic heterocycles. The van der Waals surface area contributed by atoms with Gasteiger partial charge in [0, 0.05) is 26.9 Å². The summed E-state index contributed by atoms with van der Waals surface area (Å²) in [5, 5.41) is 0. The third-order valence-electron chi connectivity index (χ3n) is 2.94. The van der Waals surface area contributed by atoms with Crippen LogP contribution in [0.15, 0.2) is 41.1 Å². The van der Waals surface area contributed by atoms with Crippen molar-refractivity contribution in [3.05, 3.63) is 48.2 Å². The Morgan fingerprint density at radius 1 is 1.42 bits per heavy atom. The van der Waals surface area contributed by atoms with Crippen molar-refractivity contribution < 1.29 is 13.9 Å². The van der Waals surface area contributed by atoms with Crippen LogP contribution in [0, 0.1) is 0 Å². The molecule has 0 saturated carbocycles. The first-order valence-electron chi connectivity index (χ1n) is 6.14. The predicted molar refractivity (Wildman–Crippen MR) is 70.7 cm³/mol. The Bertz CT molecular complexity index is 517. The number of rotatable bonds is 6. The third-order valence-corrected chi connectivity index (χ3v) is 2.94. The van der Waals surface area contributed by atoms with Gasteiger partial charge in [-0.2, -0.15) is 0 Å². The number of carbonyl (C=O) groups is 1. The van der Waals surface area contributed by atoms with Crippen molar-refractivity contribution >= 4 is 5.91 Å². The number of nitrogens with zero attached hydrogens (tertiary/aromatic N) is 2. The molecule has 2 aromatic rings. The van der Waals surface area contributed by atoms with Gasteiger partial charge in [-0.1, -0.05) is 0 Å². The van der Waals surface area contributed by atoms with Gasteiger partial charge in [0.05, 0.1) is 19.4 Å². The van der Waals surface area contributed by atoms with E-state index in [2.05, 4.69) is 0 Å². The van der Waals surface area contributed by atoms with Crippen molar-refractivity contribution in [2.45, 2.75) is 6.54 Å². The second-order valence-electron chi connectivity index (χ2n) is 4.30. The van der Waals surface area contributed by atoms with Crippen molar-refractivity contribution in [2.24, 2.45) is 7.05 Å². The minimum atomic E-state index is -0.0269. The second kappa shape index (κ2) is 6.24. The SMILES string of the molecule is COCCN(Cc1ccco1)C(=O)c1cccn1C. The number of hydrogen-bond acceptors (Lipinski definition) is 3. The molecule has 0 aromatic carbocycles. The lowest BCUT2D eigenvalue weighted by atomic mass is 10.3. The molecule has 0 aliphatic carbocycles. The lowest BCUT2D eigenvalue weighted by molar-refractivity contribution is 0.0657. The Morgan fingerprint density at radius 3 is 2.84 bits per heavy atom. The van der Waals surface area contributed by atoms with Gasteiger partial charge in [-0.15, -0.1) is 0 Å². The molecule has 1 amide bonds. The lowest BCUT2D eigenvalue weighted by Gasteiger charge is -2.21. The number of aryl methyl sites for hydroxylation is 1. The Labute approximate surface area is 112 Å². The first kappa shape index (κ1) is 13.4. The second-order valence-corrected chi connectivity index (χ2v) is 4.30. The number of amides is 1. The van der Waals surface area contributed by atoms with E-state index in [-0.39, 0.29) is 5.91 Å². The van der Waals surface area contributed by atoms with Crippen LogP contribution in [-0.4, -0.2) is 35.6 Å². The van der Waals surface area contributed by atoms with Crippen LogP contribution in [0.1, 0.15) is 16.2 Å². The molecule has 0 unspecified atom stereocenters. The fraction of sp³-hybridized carbons (Fsp3) is 0.357. The van der Waals surface area contributed by atoms with Gasteiger partial charge in [0.2, 0.25) is 0 Å². The molecule has 0 radical (unpaired) electrons. The summed E-state index contributed by atoms with van der Waals surface area (Å²) in [6.07, 6.45) is 3.46. The molecule has 0 atom stereocenters. The quantitative estimate of drug-likeness (QED) is 0.799. The van der Waals surface area contributed by atoms with Gasteiger partial charge < -0.3 is 18.6 Å². The van der Waals surface area contributed by atoms with Gasteiger partial charge in [0.25, 0.3) is 5.91 Å². The Balaban J connectivity index is 2.12. The highest BCUT2D eigenvalue weighted by Crippen LogP contribution is 2.10. The minimum absolute atomic E-state index is 0.0269. The largest absolute Gasteiger partial charge is 0.467 e. The summed E-state index contributed by atoms with van der Waals surface area (Å²) in [6, 6.07) is 7.34. The number of hydrogen-bond donors (Lipinski definition) is 0. The first-order chi connectivity index (χ1) is 9.22. The maximum absolute atomic E-state index is 12.5. The van der Waals surface area contributed by atoms with Crippen molar-refractivity contribution in [2.75, 3.05) is 20.3 Å². The van der Waals surface area contributed by atoms with E-state index in [0.29, 0.717) is 25.4 Å². The van der Waals surface area contributed by atoms with Crippen LogP contribution in [-0.2, 0) is 18.3 Å². The smallest absolute Gasteiger partial charge is 0.270 e. The highest BCUT2D eigenvalue weighted by molar-refractivity contribution is 5.92. The molecule has 0 aliphatic rings. The summed E-state index contributed by atoms with van der Waals surface area (Å²) in [5.41, 5.74) is 0.655. The van der Waals surface area contributed by atoms with E-state index in [1.54, 1.807) is 18.3 Å². The molecule has 0 fully saturated rings. The average Bonchev–Trinajstić information content (AvgIpc) is 3.05. The van der Waals surface area contributed by atoms with Gasteiger partial charge in [-0.3, -0.25) is 4.79 Å². The van der Waals surface area contributed by atoms with Crippen LogP contribution < -0.4 is 0 Å². The summed E-state index contributed by atoms with van der Waals surface area (Å²) in [7, 11) is 3.48. The predicted octanol–water partition coefficient (Wildman–Crippen LogP) is 1.91. The van der Waals surface area contributed by atoms with E-state index in [4.69, 9.17) is 9.15 Å². The molecule has 5 nitrogen and oxygen atoms in total. The Hall–Kier alpha value is -2.01. The lowest BCUT2D eigenvalue weighted by Crippen LogP contribution is -2.34. The molecule has 19 heavy (non-hydrogen) atoms. The van der Waals surface area contributed by atoms with Crippen LogP contribution in [0.4, 0.5) is 0 Å². The van der Waals surface area contributed by atoms with Crippen molar-refractivity contribution in [3.8, 4) is 0 Å². The van der Waals surface area contributed by atoms with Crippen LogP contribution in [0.5, 0.6) is 0 Å². The number of aromatic nitrogens is 1. The Morgan fingerprint density at radius 2 is 2.26 bits per heavy atom. The van der Waals surface area contributed by atoms with E-state index in [1.807, 2.05) is 42.1 Å². The molecule has 0 spiro atoms. The Kier molecular flexibility index (Phi) is 4.41. The molecule has 102 valence electrons. The van der Waals surface area contributed by atoms with Gasteiger partial charge in [-0.25, -0.2) is 0 Å². The van der Waals surface area contributed by atoms with E-state index < -0.39 is 0 Å². The molecular weight excluding hydrogens is 244 g/mol. The van der Waals surface area contributed by atoms with E-state index in [9.17, 15) is 4.79 Å². The zero-order valence-corrected chi connectivity index (χ0v) is 11.2. The van der Waals surface area contributed by atoms with Crippen LogP contribution in [0.2, 0.25) is 0 Å². The van der Waals surface area contributed by atoms with Gasteiger partial charge in [0.1, 0.15) is 11.5 Å². The van der Waals surface area contributed by atoms with Crippen LogP contribution in [0.3, 0.4) is 0 Å². The summed E-state index contributed by atoms with van der Waals surface area (Å²) in [4.78, 5) is 14.2. The fourth-order valence-electron chi connectivity index (χ4n) is 1.89. The van der Waals surface area contributed by atoms with E-state index in [1.165, 1.54) is 0 Å².